The first-order chi connectivity index (χ1) is 21.9. The van der Waals surface area contributed by atoms with Crippen LogP contribution in [0.5, 0.6) is 5.75 Å². The molecule has 0 fully saturated rings. The molecule has 0 aliphatic rings. The number of azo groups is 1. The highest BCUT2D eigenvalue weighted by Crippen LogP contribution is 2.44. The topological polar surface area (TPSA) is 317 Å². The molecule has 24 heteroatoms. The van der Waals surface area contributed by atoms with Crippen molar-refractivity contribution >= 4 is 99.1 Å². The van der Waals surface area contributed by atoms with Crippen molar-refractivity contribution in [1.29, 1.82) is 0 Å². The number of nitrogens with one attached hydrogen (secondary N) is 2. The minimum Gasteiger partial charge on any atom is -0.507 e. The van der Waals surface area contributed by atoms with Gasteiger partial charge in [-0.3, -0.25) is 13.7 Å². The summed E-state index contributed by atoms with van der Waals surface area (Å²) in [6, 6.07) is 5.33. The van der Waals surface area contributed by atoms with Crippen molar-refractivity contribution in [1.82, 2.24) is 15.0 Å². The predicted molar refractivity (Wildman–Crippen MR) is 171 cm³/mol. The number of nitrogens with two attached hydrogens (primary N) is 1. The summed E-state index contributed by atoms with van der Waals surface area (Å²) in [5.41, 5.74) is 3.98. The van der Waals surface area contributed by atoms with Gasteiger partial charge in [-0.25, -0.2) is 0 Å². The number of hydrogen-bond donors (Lipinski definition) is 8. The number of hydrogen-bond acceptors (Lipinski definition) is 17. The Morgan fingerprint density at radius 1 is 0.851 bits per heavy atom. The Morgan fingerprint density at radius 3 is 2.17 bits per heavy atom. The number of aliphatic hydroxyl groups is 1. The summed E-state index contributed by atoms with van der Waals surface area (Å²) >= 11 is 7.45. The van der Waals surface area contributed by atoms with Crippen molar-refractivity contribution < 1.29 is 49.1 Å². The van der Waals surface area contributed by atoms with Gasteiger partial charge in [-0.2, -0.15) is 52.0 Å². The van der Waals surface area contributed by atoms with Gasteiger partial charge < -0.3 is 26.6 Å². The third kappa shape index (κ3) is 8.91. The lowest BCUT2D eigenvalue weighted by Crippen LogP contribution is -2.10. The molecule has 1 heterocycles. The smallest absolute Gasteiger partial charge is 0.296 e. The second-order valence-electron chi connectivity index (χ2n) is 9.12. The normalized spacial score (nSPS) is 12.5. The molecule has 0 saturated heterocycles. The highest BCUT2D eigenvalue weighted by Gasteiger charge is 2.24. The molecule has 0 spiro atoms. The van der Waals surface area contributed by atoms with Gasteiger partial charge in [0.05, 0.1) is 22.6 Å². The molecule has 19 nitrogen and oxygen atoms in total. The van der Waals surface area contributed by atoms with E-state index in [0.717, 1.165) is 18.2 Å². The van der Waals surface area contributed by atoms with Crippen LogP contribution in [0, 0.1) is 0 Å². The van der Waals surface area contributed by atoms with Crippen molar-refractivity contribution in [3.05, 3.63) is 41.7 Å². The van der Waals surface area contributed by atoms with Gasteiger partial charge in [0.2, 0.25) is 17.2 Å². The first kappa shape index (κ1) is 35.9. The number of aromatic hydroxyl groups is 1. The average Bonchev–Trinajstić information content (AvgIpc) is 2.95. The fraction of sp³-hybridized carbons (Fsp3) is 0.174. The van der Waals surface area contributed by atoms with Crippen molar-refractivity contribution in [2.75, 3.05) is 41.0 Å². The van der Waals surface area contributed by atoms with Gasteiger partial charge in [-0.05, 0) is 47.3 Å². The van der Waals surface area contributed by atoms with E-state index in [1.165, 1.54) is 17.8 Å². The number of aliphatic hydroxyl groups excluding tert-OH is 1. The lowest BCUT2D eigenvalue weighted by atomic mass is 10.1. The fourth-order valence-corrected chi connectivity index (χ4v) is 6.51. The average molecular weight is 751 g/mol. The molecule has 0 aliphatic carbocycles. The van der Waals surface area contributed by atoms with Crippen molar-refractivity contribution in [2.24, 2.45) is 10.2 Å². The number of rotatable bonds is 13. The van der Waals surface area contributed by atoms with Crippen molar-refractivity contribution in [2.45, 2.75) is 14.7 Å². The number of phenols is 1. The van der Waals surface area contributed by atoms with E-state index in [0.29, 0.717) is 30.2 Å². The monoisotopic (exact) mass is 750 g/mol. The number of fused-ring (bicyclic) bond motifs is 1. The maximum atomic E-state index is 12.3. The first-order valence-corrected chi connectivity index (χ1v) is 18.4. The molecular formula is C23H23ClN8O11S4. The summed E-state index contributed by atoms with van der Waals surface area (Å²) in [5, 5.41) is 31.6. The Bertz CT molecular complexity index is 2220. The lowest BCUT2D eigenvalue weighted by Gasteiger charge is -2.12. The second kappa shape index (κ2) is 14.0. The summed E-state index contributed by atoms with van der Waals surface area (Å²) < 4.78 is 101. The molecule has 0 bridgehead atoms. The van der Waals surface area contributed by atoms with Crippen molar-refractivity contribution in [3.8, 4) is 5.75 Å². The van der Waals surface area contributed by atoms with Gasteiger partial charge in [-0.1, -0.05) is 0 Å². The standard InChI is InChI=1S/C23H23ClN8O11S4/c24-21-28-22(26-3-5-44-6-4-33)30-23(29-21)27-12-1-2-14(16(9-12)46(38,39)40)31-32-20-18-11(8-17(19(20)25)47(41,42)43)7-13(10-15(18)34)45(35,36)37/h1-2,7-10,33-34H,3-6,25H2,(H,35,36,37)(H,38,39,40)(H,41,42,43)(H2,26,27,28,29,30). The number of anilines is 4. The Labute approximate surface area is 275 Å². The molecule has 4 rings (SSSR count). The van der Waals surface area contributed by atoms with Crippen LogP contribution < -0.4 is 16.4 Å². The van der Waals surface area contributed by atoms with Crippen LogP contribution in [0.1, 0.15) is 0 Å². The molecule has 0 atom stereocenters. The van der Waals surface area contributed by atoms with Gasteiger partial charge in [0.25, 0.3) is 30.4 Å². The van der Waals surface area contributed by atoms with Crippen LogP contribution in [0.3, 0.4) is 0 Å². The molecule has 1 aromatic heterocycles. The molecule has 3 aromatic carbocycles. The fourth-order valence-electron chi connectivity index (χ4n) is 3.93. The van der Waals surface area contributed by atoms with Crippen LogP contribution in [0.15, 0.2) is 61.3 Å². The van der Waals surface area contributed by atoms with Crippen LogP contribution in [-0.2, 0) is 30.4 Å². The SMILES string of the molecule is Nc1c(S(=O)(=O)O)cc2cc(S(=O)(=O)O)cc(O)c2c1N=Nc1ccc(Nc2nc(Cl)nc(NCCSCCO)n2)cc1S(=O)(=O)O. The maximum Gasteiger partial charge on any atom is 0.296 e. The molecule has 0 saturated carbocycles. The van der Waals surface area contributed by atoms with E-state index >= 15 is 0 Å². The van der Waals surface area contributed by atoms with Crippen LogP contribution in [0.2, 0.25) is 5.28 Å². The van der Waals surface area contributed by atoms with Gasteiger partial charge in [0, 0.05) is 29.8 Å². The van der Waals surface area contributed by atoms with E-state index in [1.54, 1.807) is 0 Å². The Hall–Kier alpha value is -3.94. The summed E-state index contributed by atoms with van der Waals surface area (Å²) in [6.07, 6.45) is 0. The number of phenolic OH excluding ortho intramolecular Hbond substituents is 1. The minimum atomic E-state index is -5.08. The second-order valence-corrected chi connectivity index (χ2v) is 14.9. The van der Waals surface area contributed by atoms with Crippen LogP contribution in [0.25, 0.3) is 10.8 Å². The highest BCUT2D eigenvalue weighted by molar-refractivity contribution is 7.99. The summed E-state index contributed by atoms with van der Waals surface area (Å²) in [7, 11) is -15.0. The van der Waals surface area contributed by atoms with Crippen LogP contribution >= 0.6 is 23.4 Å². The van der Waals surface area contributed by atoms with E-state index in [-0.39, 0.29) is 40.2 Å². The maximum absolute atomic E-state index is 12.3. The summed E-state index contributed by atoms with van der Waals surface area (Å²) in [4.78, 5) is 9.34. The quantitative estimate of drug-likeness (QED) is 0.0421. The van der Waals surface area contributed by atoms with E-state index in [9.17, 15) is 44.0 Å². The number of nitrogen functional groups attached to an aromatic ring is 1. The van der Waals surface area contributed by atoms with Gasteiger partial charge in [-0.15, -0.1) is 10.2 Å². The zero-order chi connectivity index (χ0) is 34.7. The predicted octanol–water partition coefficient (Wildman–Crippen LogP) is 3.00. The molecule has 0 aliphatic heterocycles. The highest BCUT2D eigenvalue weighted by atomic mass is 35.5. The number of aromatic nitrogens is 3. The molecule has 0 amide bonds. The number of benzene rings is 3. The minimum absolute atomic E-state index is 0.0111. The zero-order valence-electron chi connectivity index (χ0n) is 23.3. The van der Waals surface area contributed by atoms with E-state index < -0.39 is 67.9 Å². The van der Waals surface area contributed by atoms with E-state index in [2.05, 4.69) is 35.8 Å². The first-order valence-electron chi connectivity index (χ1n) is 12.6. The third-order valence-corrected chi connectivity index (χ3v) is 9.61. The van der Waals surface area contributed by atoms with Crippen LogP contribution in [-0.4, -0.2) is 88.7 Å². The number of halogens is 1. The molecule has 0 radical (unpaired) electrons. The number of nitrogens with zero attached hydrogens (tertiary/aromatic N) is 5. The Balaban J connectivity index is 1.76. The molecule has 0 unspecified atom stereocenters. The molecule has 4 aromatic rings. The Morgan fingerprint density at radius 2 is 1.53 bits per heavy atom. The van der Waals surface area contributed by atoms with Crippen LogP contribution in [0.4, 0.5) is 34.6 Å². The van der Waals surface area contributed by atoms with Gasteiger partial charge in [0.15, 0.2) is 0 Å². The molecule has 252 valence electrons. The Kier molecular flexibility index (Phi) is 10.7. The van der Waals surface area contributed by atoms with Crippen molar-refractivity contribution in [3.63, 3.8) is 0 Å². The summed E-state index contributed by atoms with van der Waals surface area (Å²) in [5.74, 6) is 0.265. The zero-order valence-corrected chi connectivity index (χ0v) is 27.3. The molecule has 9 N–H and O–H groups in total. The summed E-state index contributed by atoms with van der Waals surface area (Å²) in [6.45, 7) is 0.446. The number of thioether (sulfide) groups is 1. The van der Waals surface area contributed by atoms with Gasteiger partial charge >= 0.3 is 0 Å². The van der Waals surface area contributed by atoms with E-state index in [1.807, 2.05) is 0 Å². The third-order valence-electron chi connectivity index (χ3n) is 5.87. The van der Waals surface area contributed by atoms with E-state index in [4.69, 9.17) is 22.4 Å². The molecular weight excluding hydrogens is 728 g/mol. The lowest BCUT2D eigenvalue weighted by molar-refractivity contribution is 0.322. The van der Waals surface area contributed by atoms with Gasteiger partial charge in [0.1, 0.15) is 26.9 Å². The molecule has 47 heavy (non-hydrogen) atoms. The largest absolute Gasteiger partial charge is 0.507 e.